The second-order valence-corrected chi connectivity index (χ2v) is 6.70. The highest BCUT2D eigenvalue weighted by molar-refractivity contribution is 9.10. The lowest BCUT2D eigenvalue weighted by Crippen LogP contribution is -2.10. The van der Waals surface area contributed by atoms with E-state index in [0.29, 0.717) is 15.6 Å². The molecule has 0 spiro atoms. The molecule has 2 nitrogen and oxygen atoms in total. The summed E-state index contributed by atoms with van der Waals surface area (Å²) in [5, 5.41) is 3.36. The molecule has 19 heavy (non-hydrogen) atoms. The van der Waals surface area contributed by atoms with Crippen LogP contribution in [0.5, 0.6) is 0 Å². The molecule has 0 fully saturated rings. The van der Waals surface area contributed by atoms with E-state index in [-0.39, 0.29) is 5.91 Å². The highest BCUT2D eigenvalue weighted by Gasteiger charge is 2.13. The third-order valence-corrected chi connectivity index (χ3v) is 4.70. The number of nitrogens with one attached hydrogen (secondary N) is 1. The van der Waals surface area contributed by atoms with E-state index in [1.807, 2.05) is 19.1 Å². The minimum Gasteiger partial charge on any atom is -0.320 e. The first kappa shape index (κ1) is 14.6. The lowest BCUT2D eigenvalue weighted by Gasteiger charge is -2.06. The predicted molar refractivity (Wildman–Crippen MR) is 85.5 cm³/mol. The first-order valence-electron chi connectivity index (χ1n) is 5.87. The van der Waals surface area contributed by atoms with Crippen molar-refractivity contribution in [3.63, 3.8) is 0 Å². The first-order valence-corrected chi connectivity index (χ1v) is 7.85. The second-order valence-electron chi connectivity index (χ2n) is 4.12. The molecule has 0 bridgehead atoms. The Balaban J connectivity index is 2.20. The number of carbonyl (C=O) groups excluding carboxylic acids is 1. The maximum Gasteiger partial charge on any atom is 0.265 e. The van der Waals surface area contributed by atoms with Crippen molar-refractivity contribution < 1.29 is 4.79 Å². The molecule has 1 aromatic heterocycles. The van der Waals surface area contributed by atoms with Gasteiger partial charge in [0.2, 0.25) is 0 Å². The predicted octanol–water partition coefficient (Wildman–Crippen LogP) is 5.29. The summed E-state index contributed by atoms with van der Waals surface area (Å²) in [5.41, 5.74) is 1.84. The topological polar surface area (TPSA) is 29.1 Å². The monoisotopic (exact) mass is 357 g/mol. The molecular weight excluding hydrogens is 346 g/mol. The third-order valence-electron chi connectivity index (χ3n) is 2.80. The number of hydrogen-bond donors (Lipinski definition) is 1. The van der Waals surface area contributed by atoms with Crippen LogP contribution in [0.1, 0.15) is 27.0 Å². The molecule has 0 unspecified atom stereocenters. The van der Waals surface area contributed by atoms with E-state index in [0.717, 1.165) is 10.9 Å². The molecule has 2 aromatic rings. The summed E-state index contributed by atoms with van der Waals surface area (Å²) in [7, 11) is 0. The molecule has 0 aliphatic heterocycles. The van der Waals surface area contributed by atoms with Gasteiger partial charge < -0.3 is 5.32 Å². The largest absolute Gasteiger partial charge is 0.320 e. The van der Waals surface area contributed by atoms with Crippen molar-refractivity contribution in [2.75, 3.05) is 5.32 Å². The van der Waals surface area contributed by atoms with Gasteiger partial charge in [0.1, 0.15) is 0 Å². The SMILES string of the molecule is CCc1cc(C(=O)Nc2ccc(Br)cc2Cl)sc1C. The summed E-state index contributed by atoms with van der Waals surface area (Å²) in [4.78, 5) is 14.1. The van der Waals surface area contributed by atoms with Crippen LogP contribution in [0, 0.1) is 6.92 Å². The molecule has 0 saturated heterocycles. The van der Waals surface area contributed by atoms with Crippen LogP contribution in [0.2, 0.25) is 5.02 Å². The summed E-state index contributed by atoms with van der Waals surface area (Å²) in [6.07, 6.45) is 0.939. The maximum atomic E-state index is 12.2. The number of thiophene rings is 1. The van der Waals surface area contributed by atoms with Crippen molar-refractivity contribution in [2.45, 2.75) is 20.3 Å². The zero-order valence-corrected chi connectivity index (χ0v) is 13.7. The summed E-state index contributed by atoms with van der Waals surface area (Å²) in [6.45, 7) is 4.12. The van der Waals surface area contributed by atoms with E-state index in [4.69, 9.17) is 11.6 Å². The number of rotatable bonds is 3. The zero-order chi connectivity index (χ0) is 14.0. The lowest BCUT2D eigenvalue weighted by molar-refractivity contribution is 0.103. The van der Waals surface area contributed by atoms with Gasteiger partial charge in [-0.1, -0.05) is 34.5 Å². The Morgan fingerprint density at radius 3 is 2.74 bits per heavy atom. The lowest BCUT2D eigenvalue weighted by atomic mass is 10.2. The molecule has 2 rings (SSSR count). The van der Waals surface area contributed by atoms with Crippen LogP contribution in [0.4, 0.5) is 5.69 Å². The van der Waals surface area contributed by atoms with Gasteiger partial charge in [-0.2, -0.15) is 0 Å². The van der Waals surface area contributed by atoms with Crippen molar-refractivity contribution in [1.82, 2.24) is 0 Å². The second kappa shape index (κ2) is 6.07. The van der Waals surface area contributed by atoms with Crippen LogP contribution in [-0.4, -0.2) is 5.91 Å². The van der Waals surface area contributed by atoms with Gasteiger partial charge in [0.15, 0.2) is 0 Å². The van der Waals surface area contributed by atoms with Crippen molar-refractivity contribution in [3.8, 4) is 0 Å². The number of benzene rings is 1. The highest BCUT2D eigenvalue weighted by Crippen LogP contribution is 2.28. The molecule has 0 aliphatic carbocycles. The van der Waals surface area contributed by atoms with Gasteiger partial charge in [-0.3, -0.25) is 4.79 Å². The molecule has 0 saturated carbocycles. The molecule has 5 heteroatoms. The van der Waals surface area contributed by atoms with E-state index >= 15 is 0 Å². The quantitative estimate of drug-likeness (QED) is 0.794. The van der Waals surface area contributed by atoms with Gasteiger partial charge >= 0.3 is 0 Å². The zero-order valence-electron chi connectivity index (χ0n) is 10.6. The number of aryl methyl sites for hydroxylation is 2. The number of anilines is 1. The van der Waals surface area contributed by atoms with Crippen LogP contribution >= 0.6 is 38.9 Å². The van der Waals surface area contributed by atoms with Crippen molar-refractivity contribution in [1.29, 1.82) is 0 Å². The standard InChI is InChI=1S/C14H13BrClNOS/c1-3-9-6-13(19-8(9)2)14(18)17-12-5-4-10(15)7-11(12)16/h4-7H,3H2,1-2H3,(H,17,18). The molecule has 0 atom stereocenters. The number of carbonyl (C=O) groups is 1. The van der Waals surface area contributed by atoms with Gasteiger partial charge in [0.25, 0.3) is 5.91 Å². The summed E-state index contributed by atoms with van der Waals surface area (Å²) in [6, 6.07) is 7.33. The normalized spacial score (nSPS) is 10.5. The van der Waals surface area contributed by atoms with Gasteiger partial charge in [-0.05, 0) is 43.2 Å². The Bertz CT molecular complexity index is 624. The molecule has 1 amide bonds. The Morgan fingerprint density at radius 2 is 2.16 bits per heavy atom. The summed E-state index contributed by atoms with van der Waals surface area (Å²) < 4.78 is 0.885. The van der Waals surface area contributed by atoms with Crippen LogP contribution in [0.25, 0.3) is 0 Å². The minimum absolute atomic E-state index is 0.114. The van der Waals surface area contributed by atoms with Gasteiger partial charge in [0, 0.05) is 9.35 Å². The number of amides is 1. The molecule has 0 radical (unpaired) electrons. The van der Waals surface area contributed by atoms with Gasteiger partial charge in [-0.25, -0.2) is 0 Å². The Kier molecular flexibility index (Phi) is 4.66. The fraction of sp³-hybridized carbons (Fsp3) is 0.214. The Morgan fingerprint density at radius 1 is 1.42 bits per heavy atom. The highest BCUT2D eigenvalue weighted by atomic mass is 79.9. The van der Waals surface area contributed by atoms with Crippen molar-refractivity contribution >= 4 is 50.5 Å². The summed E-state index contributed by atoms with van der Waals surface area (Å²) >= 11 is 10.9. The molecule has 100 valence electrons. The number of hydrogen-bond acceptors (Lipinski definition) is 2. The smallest absolute Gasteiger partial charge is 0.265 e. The Labute approximate surface area is 129 Å². The van der Waals surface area contributed by atoms with Crippen LogP contribution < -0.4 is 5.32 Å². The Hall–Kier alpha value is -0.840. The first-order chi connectivity index (χ1) is 9.01. The van der Waals surface area contributed by atoms with Crippen LogP contribution in [0.15, 0.2) is 28.7 Å². The van der Waals surface area contributed by atoms with Crippen molar-refractivity contribution in [3.05, 3.63) is 49.1 Å². The van der Waals surface area contributed by atoms with E-state index in [9.17, 15) is 4.79 Å². The van der Waals surface area contributed by atoms with Gasteiger partial charge in [-0.15, -0.1) is 11.3 Å². The third kappa shape index (κ3) is 3.38. The maximum absolute atomic E-state index is 12.2. The van der Waals surface area contributed by atoms with Crippen LogP contribution in [-0.2, 0) is 6.42 Å². The molecule has 0 aliphatic rings. The van der Waals surface area contributed by atoms with E-state index in [1.165, 1.54) is 21.8 Å². The van der Waals surface area contributed by atoms with Crippen LogP contribution in [0.3, 0.4) is 0 Å². The summed E-state index contributed by atoms with van der Waals surface area (Å²) in [5.74, 6) is -0.114. The molecule has 1 N–H and O–H groups in total. The van der Waals surface area contributed by atoms with E-state index in [2.05, 4.69) is 28.2 Å². The fourth-order valence-corrected chi connectivity index (χ4v) is 3.49. The molecule has 1 heterocycles. The molecular formula is C14H13BrClNOS. The number of halogens is 2. The van der Waals surface area contributed by atoms with E-state index in [1.54, 1.807) is 12.1 Å². The average Bonchev–Trinajstić information content (AvgIpc) is 2.74. The van der Waals surface area contributed by atoms with Crippen molar-refractivity contribution in [2.24, 2.45) is 0 Å². The minimum atomic E-state index is -0.114. The fourth-order valence-electron chi connectivity index (χ4n) is 1.76. The molecule has 1 aromatic carbocycles. The van der Waals surface area contributed by atoms with E-state index < -0.39 is 0 Å². The average molecular weight is 359 g/mol. The van der Waals surface area contributed by atoms with Gasteiger partial charge in [0.05, 0.1) is 15.6 Å².